The number of hydrogen-bond donors (Lipinski definition) is 0. The van der Waals surface area contributed by atoms with E-state index in [1.54, 1.807) is 30.3 Å². The maximum atomic E-state index is 12.4. The molecule has 0 aliphatic carbocycles. The fourth-order valence-electron chi connectivity index (χ4n) is 2.71. The van der Waals surface area contributed by atoms with Crippen molar-refractivity contribution in [2.45, 2.75) is 33.6 Å². The number of benzene rings is 1. The normalized spacial score (nSPS) is 10.5. The van der Waals surface area contributed by atoms with Gasteiger partial charge in [-0.3, -0.25) is 14.4 Å². The summed E-state index contributed by atoms with van der Waals surface area (Å²) >= 11 is 0. The van der Waals surface area contributed by atoms with Crippen LogP contribution in [0.4, 0.5) is 0 Å². The van der Waals surface area contributed by atoms with Crippen molar-refractivity contribution in [1.82, 2.24) is 0 Å². The van der Waals surface area contributed by atoms with Crippen molar-refractivity contribution >= 4 is 35.6 Å². The van der Waals surface area contributed by atoms with Gasteiger partial charge in [0.15, 0.2) is 12.4 Å². The van der Waals surface area contributed by atoms with Gasteiger partial charge in [0.25, 0.3) is 0 Å². The molecule has 0 atom stereocenters. The summed E-state index contributed by atoms with van der Waals surface area (Å²) in [5.41, 5.74) is -0.910. The minimum Gasteiger partial charge on any atom is -0.465 e. The van der Waals surface area contributed by atoms with Gasteiger partial charge in [0, 0.05) is 22.3 Å². The van der Waals surface area contributed by atoms with Crippen molar-refractivity contribution in [1.29, 1.82) is 0 Å². The highest BCUT2D eigenvalue weighted by atomic mass is 16.6. The summed E-state index contributed by atoms with van der Waals surface area (Å²) < 4.78 is 25.8. The predicted octanol–water partition coefficient (Wildman–Crippen LogP) is 3.08. The van der Waals surface area contributed by atoms with E-state index in [1.165, 1.54) is 20.8 Å². The Hall–Kier alpha value is -4.54. The second-order valence-electron chi connectivity index (χ2n) is 9.18. The highest BCUT2D eigenvalue weighted by Gasteiger charge is 2.38. The van der Waals surface area contributed by atoms with Crippen LogP contribution in [0.5, 0.6) is 0 Å². The lowest BCUT2D eigenvalue weighted by atomic mass is 9.92. The molecule has 0 saturated carbocycles. The predicted molar refractivity (Wildman–Crippen MR) is 142 cm³/mol. The van der Waals surface area contributed by atoms with Gasteiger partial charge in [-0.05, 0) is 20.8 Å². The Morgan fingerprint density at radius 1 is 0.600 bits per heavy atom. The van der Waals surface area contributed by atoms with Gasteiger partial charge in [0.2, 0.25) is 0 Å². The van der Waals surface area contributed by atoms with Crippen molar-refractivity contribution in [2.75, 3.05) is 33.0 Å². The minimum absolute atomic E-state index is 0.0769. The largest absolute Gasteiger partial charge is 0.465 e. The van der Waals surface area contributed by atoms with E-state index in [-0.39, 0.29) is 23.1 Å². The summed E-state index contributed by atoms with van der Waals surface area (Å²) in [6, 6.07) is 8.24. The number of ether oxygens (including phenoxy) is 5. The van der Waals surface area contributed by atoms with Gasteiger partial charge in [0.05, 0.1) is 12.8 Å². The molecule has 0 saturated heterocycles. The number of carbonyl (C=O) groups is 6. The van der Waals surface area contributed by atoms with Crippen molar-refractivity contribution in [2.24, 2.45) is 5.41 Å². The third kappa shape index (κ3) is 12.3. The van der Waals surface area contributed by atoms with Gasteiger partial charge in [-0.2, -0.15) is 0 Å². The Morgan fingerprint density at radius 2 is 0.975 bits per heavy atom. The Balaban J connectivity index is 2.87. The molecule has 11 nitrogen and oxygen atoms in total. The monoisotopic (exact) mass is 558 g/mol. The van der Waals surface area contributed by atoms with Crippen LogP contribution in [0.25, 0.3) is 0 Å². The van der Waals surface area contributed by atoms with E-state index in [0.717, 1.165) is 0 Å². The van der Waals surface area contributed by atoms with Gasteiger partial charge in [-0.25, -0.2) is 14.4 Å². The fraction of sp³-hybridized carbons (Fsp3) is 0.379. The molecular weight excluding hydrogens is 524 g/mol. The molecule has 1 aromatic carbocycles. The lowest BCUT2D eigenvalue weighted by Crippen LogP contribution is -2.44. The molecule has 0 fully saturated rings. The minimum atomic E-state index is -1.51. The summed E-state index contributed by atoms with van der Waals surface area (Å²) in [5.74, 6) is -4.38. The first kappa shape index (κ1) is 33.5. The molecule has 0 N–H and O–H groups in total. The number of esters is 5. The third-order valence-corrected chi connectivity index (χ3v) is 5.11. The highest BCUT2D eigenvalue weighted by molar-refractivity contribution is 5.98. The molecule has 0 amide bonds. The van der Waals surface area contributed by atoms with Gasteiger partial charge in [0.1, 0.15) is 31.8 Å². The molecule has 0 heterocycles. The zero-order valence-electron chi connectivity index (χ0n) is 22.9. The molecule has 0 spiro atoms. The molecule has 40 heavy (non-hydrogen) atoms. The molecular formula is C29H34O11. The van der Waals surface area contributed by atoms with E-state index >= 15 is 0 Å². The van der Waals surface area contributed by atoms with Crippen LogP contribution in [-0.4, -0.2) is 68.7 Å². The number of carbonyl (C=O) groups excluding carboxylic acids is 6. The van der Waals surface area contributed by atoms with Crippen LogP contribution in [0.15, 0.2) is 66.8 Å². The maximum Gasteiger partial charge on any atom is 0.333 e. The van der Waals surface area contributed by atoms with Crippen molar-refractivity contribution < 1.29 is 52.5 Å². The average Bonchev–Trinajstić information content (AvgIpc) is 2.93. The van der Waals surface area contributed by atoms with E-state index in [9.17, 15) is 28.8 Å². The molecule has 11 heteroatoms. The van der Waals surface area contributed by atoms with Crippen LogP contribution in [0.1, 0.15) is 44.0 Å². The average molecular weight is 559 g/mol. The zero-order valence-corrected chi connectivity index (χ0v) is 22.9. The van der Waals surface area contributed by atoms with Gasteiger partial charge < -0.3 is 23.7 Å². The van der Waals surface area contributed by atoms with E-state index in [1.807, 2.05) is 0 Å². The lowest BCUT2D eigenvalue weighted by molar-refractivity contribution is -0.168. The molecule has 1 rings (SSSR count). The van der Waals surface area contributed by atoms with E-state index < -0.39 is 80.5 Å². The molecule has 0 aliphatic rings. The quantitative estimate of drug-likeness (QED) is 0.120. The lowest BCUT2D eigenvalue weighted by Gasteiger charge is -2.31. The second-order valence-corrected chi connectivity index (χ2v) is 9.18. The Morgan fingerprint density at radius 3 is 1.38 bits per heavy atom. The Bertz CT molecular complexity index is 1070. The van der Waals surface area contributed by atoms with Crippen molar-refractivity contribution in [3.8, 4) is 0 Å². The molecule has 0 aliphatic heterocycles. The zero-order chi connectivity index (χ0) is 30.3. The Labute approximate surface area is 232 Å². The molecule has 0 unspecified atom stereocenters. The second kappa shape index (κ2) is 16.4. The van der Waals surface area contributed by atoms with Crippen LogP contribution < -0.4 is 0 Å². The van der Waals surface area contributed by atoms with E-state index in [0.29, 0.717) is 5.56 Å². The van der Waals surface area contributed by atoms with E-state index in [2.05, 4.69) is 19.7 Å². The topological polar surface area (TPSA) is 149 Å². The third-order valence-electron chi connectivity index (χ3n) is 5.11. The maximum absolute atomic E-state index is 12.4. The fourth-order valence-corrected chi connectivity index (χ4v) is 2.71. The summed E-state index contributed by atoms with van der Waals surface area (Å²) in [7, 11) is 0. The highest BCUT2D eigenvalue weighted by Crippen LogP contribution is 2.23. The number of ketones is 1. The van der Waals surface area contributed by atoms with Crippen molar-refractivity contribution in [3.05, 3.63) is 72.4 Å². The molecule has 0 radical (unpaired) electrons. The smallest absolute Gasteiger partial charge is 0.333 e. The summed E-state index contributed by atoms with van der Waals surface area (Å²) in [6.45, 7) is 12.3. The first-order valence-electron chi connectivity index (χ1n) is 12.1. The number of Topliss-reactive ketones (excluding diaryl/α,β-unsaturated/α-hetero) is 1. The summed E-state index contributed by atoms with van der Waals surface area (Å²) in [4.78, 5) is 72.7. The molecule has 1 aromatic rings. The standard InChI is InChI=1S/C29H34O11/c1-19(2)26(33)38-16-29(17-39-27(34)20(3)4,18-40-28(35)21(5)6)15-37-25(32)13-12-24(31)36-14-23(30)22-10-8-7-9-11-22/h7-11H,1,3,5,12-18H2,2,4,6H3. The summed E-state index contributed by atoms with van der Waals surface area (Å²) in [5, 5.41) is 0. The molecule has 0 aromatic heterocycles. The first-order chi connectivity index (χ1) is 18.8. The molecule has 216 valence electrons. The van der Waals surface area contributed by atoms with Gasteiger partial charge in [-0.15, -0.1) is 0 Å². The SMILES string of the molecule is C=C(C)C(=O)OCC(COC(=O)CCC(=O)OCC(=O)c1ccccc1)(COC(=O)C(=C)C)COC(=O)C(=C)C. The number of rotatable bonds is 17. The van der Waals surface area contributed by atoms with Gasteiger partial charge >= 0.3 is 29.8 Å². The van der Waals surface area contributed by atoms with Crippen LogP contribution in [0.3, 0.4) is 0 Å². The Kier molecular flexibility index (Phi) is 13.8. The van der Waals surface area contributed by atoms with Crippen LogP contribution in [0.2, 0.25) is 0 Å². The first-order valence-corrected chi connectivity index (χ1v) is 12.1. The van der Waals surface area contributed by atoms with Gasteiger partial charge in [-0.1, -0.05) is 50.1 Å². The molecule has 0 bridgehead atoms. The van der Waals surface area contributed by atoms with Crippen LogP contribution in [-0.2, 0) is 47.7 Å². The summed E-state index contributed by atoms with van der Waals surface area (Å²) in [6.07, 6.45) is -0.787. The van der Waals surface area contributed by atoms with Crippen LogP contribution in [0, 0.1) is 5.41 Å². The number of hydrogen-bond acceptors (Lipinski definition) is 11. The van der Waals surface area contributed by atoms with E-state index in [4.69, 9.17) is 23.7 Å². The van der Waals surface area contributed by atoms with Crippen molar-refractivity contribution in [3.63, 3.8) is 0 Å². The van der Waals surface area contributed by atoms with Crippen LogP contribution >= 0.6 is 0 Å².